The Labute approximate surface area is 157 Å². The molecule has 0 unspecified atom stereocenters. The molecule has 2 atom stereocenters. The summed E-state index contributed by atoms with van der Waals surface area (Å²) in [5.41, 5.74) is 2.35. The van der Waals surface area contributed by atoms with Crippen molar-refractivity contribution in [3.8, 4) is 0 Å². The van der Waals surface area contributed by atoms with E-state index < -0.39 is 12.0 Å². The van der Waals surface area contributed by atoms with Crippen molar-refractivity contribution < 1.29 is 19.1 Å². The molecular formula is C19H24N2O4S. The number of ketones is 1. The number of amides is 1. The molecule has 0 aliphatic carbocycles. The van der Waals surface area contributed by atoms with Crippen LogP contribution in [0.5, 0.6) is 0 Å². The Hall–Kier alpha value is -2.02. The van der Waals surface area contributed by atoms with Gasteiger partial charge in [-0.3, -0.25) is 9.59 Å². The summed E-state index contributed by atoms with van der Waals surface area (Å²) in [7, 11) is 0. The number of carbonyl (C=O) groups is 3. The highest BCUT2D eigenvalue weighted by Gasteiger charge is 2.53. The second-order valence-corrected chi connectivity index (χ2v) is 8.48. The average molecular weight is 376 g/mol. The molecule has 1 amide bonds. The second-order valence-electron chi connectivity index (χ2n) is 6.98. The third kappa shape index (κ3) is 3.09. The summed E-state index contributed by atoms with van der Waals surface area (Å²) in [6, 6.07) is 1.21. The molecule has 140 valence electrons. The Morgan fingerprint density at radius 3 is 2.88 bits per heavy atom. The highest BCUT2D eigenvalue weighted by molar-refractivity contribution is 8.01. The minimum absolute atomic E-state index is 0.0150. The minimum Gasteiger partial charge on any atom is -0.456 e. The number of nitrogens with zero attached hydrogens (tertiary/aromatic N) is 2. The zero-order chi connectivity index (χ0) is 19.1. The van der Waals surface area contributed by atoms with Crippen LogP contribution in [0.2, 0.25) is 0 Å². The Bertz CT molecular complexity index is 785. The highest BCUT2D eigenvalue weighted by Crippen LogP contribution is 2.47. The van der Waals surface area contributed by atoms with Gasteiger partial charge in [0.2, 0.25) is 11.7 Å². The van der Waals surface area contributed by atoms with Crippen LogP contribution in [0.15, 0.2) is 18.7 Å². The molecule has 0 saturated carbocycles. The van der Waals surface area contributed by atoms with Gasteiger partial charge < -0.3 is 14.2 Å². The fraction of sp³-hybridized carbons (Fsp3) is 0.526. The largest absolute Gasteiger partial charge is 0.456 e. The van der Waals surface area contributed by atoms with Crippen LogP contribution in [0.4, 0.5) is 0 Å². The second kappa shape index (κ2) is 6.95. The summed E-state index contributed by atoms with van der Waals surface area (Å²) in [6.45, 7) is 9.82. The van der Waals surface area contributed by atoms with E-state index in [1.54, 1.807) is 22.7 Å². The van der Waals surface area contributed by atoms with E-state index in [0.717, 1.165) is 17.8 Å². The maximum absolute atomic E-state index is 12.5. The summed E-state index contributed by atoms with van der Waals surface area (Å²) in [5, 5.41) is 0. The van der Waals surface area contributed by atoms with E-state index in [1.165, 1.54) is 0 Å². The molecule has 0 spiro atoms. The van der Waals surface area contributed by atoms with E-state index in [1.807, 2.05) is 31.4 Å². The van der Waals surface area contributed by atoms with Crippen LogP contribution in [0.3, 0.4) is 0 Å². The van der Waals surface area contributed by atoms with Gasteiger partial charge in [0.15, 0.2) is 6.61 Å². The van der Waals surface area contributed by atoms with Crippen LogP contribution in [0.25, 0.3) is 0 Å². The van der Waals surface area contributed by atoms with Crippen LogP contribution in [0.1, 0.15) is 41.5 Å². The smallest absolute Gasteiger partial charge is 0.330 e. The number of aromatic nitrogens is 1. The Morgan fingerprint density at radius 1 is 1.46 bits per heavy atom. The zero-order valence-corrected chi connectivity index (χ0v) is 16.2. The first-order valence-corrected chi connectivity index (χ1v) is 9.70. The van der Waals surface area contributed by atoms with Gasteiger partial charge >= 0.3 is 5.97 Å². The monoisotopic (exact) mass is 376 g/mol. The summed E-state index contributed by atoms with van der Waals surface area (Å²) in [6.07, 6.45) is 2.98. The number of esters is 1. The molecule has 2 aliphatic heterocycles. The SMILES string of the molecule is C=CCn1c(C)cc(C(=O)COC(=O)[C@@H]2CS[C@]3(C)CCC(=O)N23)c1C. The summed E-state index contributed by atoms with van der Waals surface area (Å²) >= 11 is 1.61. The summed E-state index contributed by atoms with van der Waals surface area (Å²) in [4.78, 5) is 38.4. The van der Waals surface area contributed by atoms with Crippen molar-refractivity contribution in [1.82, 2.24) is 9.47 Å². The van der Waals surface area contributed by atoms with Gasteiger partial charge in [-0.1, -0.05) is 6.08 Å². The number of aryl methyl sites for hydroxylation is 1. The molecule has 1 aromatic rings. The van der Waals surface area contributed by atoms with Crippen LogP contribution < -0.4 is 0 Å². The minimum atomic E-state index is -0.596. The number of allylic oxidation sites excluding steroid dienone is 1. The van der Waals surface area contributed by atoms with Crippen molar-refractivity contribution in [3.05, 3.63) is 35.7 Å². The summed E-state index contributed by atoms with van der Waals surface area (Å²) < 4.78 is 7.27. The fourth-order valence-corrected chi connectivity index (χ4v) is 5.22. The maximum atomic E-state index is 12.5. The lowest BCUT2D eigenvalue weighted by Gasteiger charge is -2.29. The molecule has 0 aromatic carbocycles. The van der Waals surface area contributed by atoms with Crippen molar-refractivity contribution >= 4 is 29.4 Å². The number of fused-ring (bicyclic) bond motifs is 1. The van der Waals surface area contributed by atoms with E-state index >= 15 is 0 Å². The first-order chi connectivity index (χ1) is 12.3. The quantitative estimate of drug-likeness (QED) is 0.433. The van der Waals surface area contributed by atoms with Gasteiger partial charge in [-0.15, -0.1) is 18.3 Å². The third-order valence-electron chi connectivity index (χ3n) is 5.25. The molecule has 0 radical (unpaired) electrons. The van der Waals surface area contributed by atoms with E-state index in [9.17, 15) is 14.4 Å². The van der Waals surface area contributed by atoms with E-state index in [-0.39, 0.29) is 23.2 Å². The number of hydrogen-bond donors (Lipinski definition) is 0. The maximum Gasteiger partial charge on any atom is 0.330 e. The molecule has 6 nitrogen and oxygen atoms in total. The molecule has 7 heteroatoms. The van der Waals surface area contributed by atoms with Crippen LogP contribution in [-0.2, 0) is 20.9 Å². The molecule has 3 heterocycles. The van der Waals surface area contributed by atoms with Gasteiger partial charge in [-0.25, -0.2) is 4.79 Å². The van der Waals surface area contributed by atoms with Crippen molar-refractivity contribution in [1.29, 1.82) is 0 Å². The molecule has 2 aliphatic rings. The molecular weight excluding hydrogens is 352 g/mol. The predicted octanol–water partition coefficient (Wildman–Crippen LogP) is 2.47. The number of thioether (sulfide) groups is 1. The van der Waals surface area contributed by atoms with Gasteiger partial charge in [-0.05, 0) is 33.3 Å². The van der Waals surface area contributed by atoms with Gasteiger partial charge in [-0.2, -0.15) is 0 Å². The molecule has 0 N–H and O–H groups in total. The summed E-state index contributed by atoms with van der Waals surface area (Å²) in [5.74, 6) is -0.227. The number of carbonyl (C=O) groups excluding carboxylic acids is 3. The normalized spacial score (nSPS) is 24.7. The lowest BCUT2D eigenvalue weighted by atomic mass is 10.1. The van der Waals surface area contributed by atoms with Crippen LogP contribution in [0, 0.1) is 13.8 Å². The highest BCUT2D eigenvalue weighted by atomic mass is 32.2. The standard InChI is InChI=1S/C19H24N2O4S/c1-5-8-20-12(2)9-14(13(20)3)16(22)10-25-18(24)15-11-26-19(4)7-6-17(23)21(15)19/h5,9,15H,1,6-8,10-11H2,2-4H3/t15-,19+/m0/s1. The van der Waals surface area contributed by atoms with Crippen molar-refractivity contribution in [2.75, 3.05) is 12.4 Å². The van der Waals surface area contributed by atoms with Crippen molar-refractivity contribution in [3.63, 3.8) is 0 Å². The van der Waals surface area contributed by atoms with E-state index in [2.05, 4.69) is 6.58 Å². The third-order valence-corrected chi connectivity index (χ3v) is 6.75. The first-order valence-electron chi connectivity index (χ1n) is 8.72. The van der Waals surface area contributed by atoms with E-state index in [0.29, 0.717) is 24.3 Å². The van der Waals surface area contributed by atoms with Gasteiger partial charge in [0.1, 0.15) is 6.04 Å². The Balaban J connectivity index is 1.65. The van der Waals surface area contributed by atoms with Crippen LogP contribution >= 0.6 is 11.8 Å². The zero-order valence-electron chi connectivity index (χ0n) is 15.4. The number of rotatable bonds is 6. The average Bonchev–Trinajstić information content (AvgIpc) is 3.19. The first kappa shape index (κ1) is 18.8. The number of Topliss-reactive ketones (excluding diaryl/α,β-unsaturated/α-hetero) is 1. The Kier molecular flexibility index (Phi) is 5.01. The van der Waals surface area contributed by atoms with Crippen LogP contribution in [-0.4, -0.2) is 50.4 Å². The number of ether oxygens (including phenoxy) is 1. The molecule has 2 saturated heterocycles. The molecule has 2 fully saturated rings. The molecule has 3 rings (SSSR count). The fourth-order valence-electron chi connectivity index (χ4n) is 3.80. The van der Waals surface area contributed by atoms with Crippen molar-refractivity contribution in [2.45, 2.75) is 51.1 Å². The lowest BCUT2D eigenvalue weighted by Crippen LogP contribution is -2.46. The van der Waals surface area contributed by atoms with Gasteiger partial charge in [0.25, 0.3) is 0 Å². The number of hydrogen-bond acceptors (Lipinski definition) is 5. The Morgan fingerprint density at radius 2 is 2.19 bits per heavy atom. The predicted molar refractivity (Wildman–Crippen MR) is 100 cm³/mol. The van der Waals surface area contributed by atoms with Crippen molar-refractivity contribution in [2.24, 2.45) is 0 Å². The molecule has 0 bridgehead atoms. The topological polar surface area (TPSA) is 68.6 Å². The molecule has 26 heavy (non-hydrogen) atoms. The van der Waals surface area contributed by atoms with Gasteiger partial charge in [0, 0.05) is 35.7 Å². The lowest BCUT2D eigenvalue weighted by molar-refractivity contribution is -0.152. The van der Waals surface area contributed by atoms with Gasteiger partial charge in [0.05, 0.1) is 4.87 Å². The van der Waals surface area contributed by atoms with E-state index in [4.69, 9.17) is 4.74 Å². The molecule has 1 aromatic heterocycles.